The average molecular weight is 250 g/mol. The molecule has 0 aromatic carbocycles. The van der Waals surface area contributed by atoms with Crippen LogP contribution in [0, 0.1) is 17.3 Å². The second-order valence-electron chi connectivity index (χ2n) is 6.43. The maximum Gasteiger partial charge on any atom is 0.0470 e. The Bertz CT molecular complexity index is 299. The van der Waals surface area contributed by atoms with Crippen molar-refractivity contribution >= 4 is 0 Å². The molecule has 1 nitrogen and oxygen atoms in total. The molecule has 104 valence electrons. The van der Waals surface area contributed by atoms with Gasteiger partial charge >= 0.3 is 0 Å². The Labute approximate surface area is 113 Å². The Hall–Kier alpha value is -0.560. The SMILES string of the molecule is CC(C)=CCC[C@@H](C)[C@H](CO)[C@]1(C)C=CCCC1. The lowest BCUT2D eigenvalue weighted by Crippen LogP contribution is -2.34. The minimum absolute atomic E-state index is 0.206. The monoisotopic (exact) mass is 250 g/mol. The molecule has 0 bridgehead atoms. The van der Waals surface area contributed by atoms with E-state index in [-0.39, 0.29) is 5.41 Å². The van der Waals surface area contributed by atoms with Crippen LogP contribution in [0.3, 0.4) is 0 Å². The summed E-state index contributed by atoms with van der Waals surface area (Å²) in [6.07, 6.45) is 13.0. The summed E-state index contributed by atoms with van der Waals surface area (Å²) in [6, 6.07) is 0. The van der Waals surface area contributed by atoms with E-state index < -0.39 is 0 Å². The van der Waals surface area contributed by atoms with Crippen molar-refractivity contribution in [3.8, 4) is 0 Å². The van der Waals surface area contributed by atoms with E-state index in [2.05, 4.69) is 45.9 Å². The zero-order chi connectivity index (χ0) is 13.6. The van der Waals surface area contributed by atoms with Crippen molar-refractivity contribution in [1.29, 1.82) is 0 Å². The van der Waals surface area contributed by atoms with Crippen molar-refractivity contribution in [2.45, 2.75) is 59.8 Å². The molecule has 1 N–H and O–H groups in total. The first-order valence-electron chi connectivity index (χ1n) is 7.41. The summed E-state index contributed by atoms with van der Waals surface area (Å²) in [4.78, 5) is 0. The summed E-state index contributed by atoms with van der Waals surface area (Å²) >= 11 is 0. The van der Waals surface area contributed by atoms with Crippen molar-refractivity contribution in [1.82, 2.24) is 0 Å². The number of aliphatic hydroxyl groups is 1. The summed E-state index contributed by atoms with van der Waals surface area (Å²) in [5.41, 5.74) is 1.60. The Balaban J connectivity index is 2.61. The topological polar surface area (TPSA) is 20.2 Å². The van der Waals surface area contributed by atoms with Crippen molar-refractivity contribution < 1.29 is 5.11 Å². The fourth-order valence-corrected chi connectivity index (χ4v) is 3.22. The molecule has 0 spiro atoms. The zero-order valence-corrected chi connectivity index (χ0v) is 12.6. The lowest BCUT2D eigenvalue weighted by Gasteiger charge is -2.40. The molecular weight excluding hydrogens is 220 g/mol. The highest BCUT2D eigenvalue weighted by Gasteiger charge is 2.35. The second kappa shape index (κ2) is 7.13. The van der Waals surface area contributed by atoms with E-state index in [1.54, 1.807) is 0 Å². The van der Waals surface area contributed by atoms with Crippen LogP contribution < -0.4 is 0 Å². The number of hydrogen-bond acceptors (Lipinski definition) is 1. The van der Waals surface area contributed by atoms with Gasteiger partial charge in [0.2, 0.25) is 0 Å². The van der Waals surface area contributed by atoms with Crippen LogP contribution >= 0.6 is 0 Å². The zero-order valence-electron chi connectivity index (χ0n) is 12.6. The number of allylic oxidation sites excluding steroid dienone is 4. The average Bonchev–Trinajstić information content (AvgIpc) is 2.29. The molecule has 0 fully saturated rings. The van der Waals surface area contributed by atoms with Gasteiger partial charge in [-0.2, -0.15) is 0 Å². The third-order valence-corrected chi connectivity index (χ3v) is 4.49. The fraction of sp³-hybridized carbons (Fsp3) is 0.765. The Kier molecular flexibility index (Phi) is 6.14. The highest BCUT2D eigenvalue weighted by Crippen LogP contribution is 2.42. The first-order valence-corrected chi connectivity index (χ1v) is 7.41. The van der Waals surface area contributed by atoms with Gasteiger partial charge in [0.25, 0.3) is 0 Å². The normalized spacial score (nSPS) is 26.7. The lowest BCUT2D eigenvalue weighted by atomic mass is 9.66. The van der Waals surface area contributed by atoms with Gasteiger partial charge in [0.05, 0.1) is 0 Å². The third-order valence-electron chi connectivity index (χ3n) is 4.49. The highest BCUT2D eigenvalue weighted by molar-refractivity contribution is 5.05. The molecule has 18 heavy (non-hydrogen) atoms. The van der Waals surface area contributed by atoms with Gasteiger partial charge in [-0.05, 0) is 63.2 Å². The number of hydrogen-bond donors (Lipinski definition) is 1. The second-order valence-corrected chi connectivity index (χ2v) is 6.43. The van der Waals surface area contributed by atoms with E-state index in [4.69, 9.17) is 0 Å². The maximum atomic E-state index is 9.77. The van der Waals surface area contributed by atoms with Gasteiger partial charge in [0.15, 0.2) is 0 Å². The first-order chi connectivity index (χ1) is 8.49. The van der Waals surface area contributed by atoms with Gasteiger partial charge in [-0.15, -0.1) is 0 Å². The predicted molar refractivity (Wildman–Crippen MR) is 79.5 cm³/mol. The van der Waals surface area contributed by atoms with Crippen LogP contribution in [0.5, 0.6) is 0 Å². The lowest BCUT2D eigenvalue weighted by molar-refractivity contribution is 0.0784. The minimum Gasteiger partial charge on any atom is -0.396 e. The molecule has 1 aliphatic rings. The van der Waals surface area contributed by atoms with Crippen molar-refractivity contribution in [2.75, 3.05) is 6.61 Å². The molecule has 1 rings (SSSR count). The molecule has 0 amide bonds. The van der Waals surface area contributed by atoms with Gasteiger partial charge in [0.1, 0.15) is 0 Å². The molecule has 0 aromatic rings. The summed E-state index contributed by atoms with van der Waals surface area (Å²) in [5, 5.41) is 9.77. The number of rotatable bonds is 6. The Morgan fingerprint density at radius 1 is 1.44 bits per heavy atom. The van der Waals surface area contributed by atoms with E-state index in [9.17, 15) is 5.11 Å². The molecule has 0 radical (unpaired) electrons. The van der Waals surface area contributed by atoms with Gasteiger partial charge in [-0.3, -0.25) is 0 Å². The number of aliphatic hydroxyl groups excluding tert-OH is 1. The smallest absolute Gasteiger partial charge is 0.0470 e. The van der Waals surface area contributed by atoms with Gasteiger partial charge in [-0.1, -0.05) is 37.6 Å². The van der Waals surface area contributed by atoms with Crippen molar-refractivity contribution in [3.63, 3.8) is 0 Å². The molecule has 1 heteroatoms. The fourth-order valence-electron chi connectivity index (χ4n) is 3.22. The van der Waals surface area contributed by atoms with E-state index in [1.165, 1.54) is 31.3 Å². The van der Waals surface area contributed by atoms with Gasteiger partial charge in [-0.25, -0.2) is 0 Å². The highest BCUT2D eigenvalue weighted by atomic mass is 16.3. The van der Waals surface area contributed by atoms with E-state index >= 15 is 0 Å². The van der Waals surface area contributed by atoms with Crippen LogP contribution in [0.25, 0.3) is 0 Å². The molecule has 0 unspecified atom stereocenters. The van der Waals surface area contributed by atoms with E-state index in [0.717, 1.165) is 6.42 Å². The van der Waals surface area contributed by atoms with Crippen LogP contribution in [0.15, 0.2) is 23.8 Å². The van der Waals surface area contributed by atoms with Crippen molar-refractivity contribution in [2.24, 2.45) is 17.3 Å². The van der Waals surface area contributed by atoms with Crippen LogP contribution in [0.1, 0.15) is 59.8 Å². The quantitative estimate of drug-likeness (QED) is 0.676. The molecule has 0 aromatic heterocycles. The van der Waals surface area contributed by atoms with Crippen LogP contribution in [-0.4, -0.2) is 11.7 Å². The third kappa shape index (κ3) is 4.28. The summed E-state index contributed by atoms with van der Waals surface area (Å²) in [5.74, 6) is 0.984. The molecule has 0 aliphatic heterocycles. The van der Waals surface area contributed by atoms with E-state index in [1.807, 2.05) is 0 Å². The Morgan fingerprint density at radius 3 is 2.67 bits per heavy atom. The van der Waals surface area contributed by atoms with Gasteiger partial charge in [0, 0.05) is 6.61 Å². The first kappa shape index (κ1) is 15.5. The maximum absolute atomic E-state index is 9.77. The molecule has 1 aliphatic carbocycles. The summed E-state index contributed by atoms with van der Waals surface area (Å²) in [7, 11) is 0. The van der Waals surface area contributed by atoms with Crippen LogP contribution in [0.2, 0.25) is 0 Å². The van der Waals surface area contributed by atoms with Gasteiger partial charge < -0.3 is 5.11 Å². The standard InChI is InChI=1S/C17H30O/c1-14(2)9-8-10-15(3)16(13-18)17(4)11-6-5-7-12-17/h6,9,11,15-16,18H,5,7-8,10,12-13H2,1-4H3/t15-,16+,17-/m1/s1. The molecular formula is C17H30O. The molecule has 3 atom stereocenters. The summed E-state index contributed by atoms with van der Waals surface area (Å²) < 4.78 is 0. The molecule has 0 saturated carbocycles. The molecule has 0 saturated heterocycles. The minimum atomic E-state index is 0.206. The summed E-state index contributed by atoms with van der Waals surface area (Å²) in [6.45, 7) is 9.24. The predicted octanol–water partition coefficient (Wildman–Crippen LogP) is 4.72. The Morgan fingerprint density at radius 2 is 2.17 bits per heavy atom. The van der Waals surface area contributed by atoms with Crippen LogP contribution in [0.4, 0.5) is 0 Å². The van der Waals surface area contributed by atoms with Crippen molar-refractivity contribution in [3.05, 3.63) is 23.8 Å². The molecule has 0 heterocycles. The van der Waals surface area contributed by atoms with Crippen LogP contribution in [-0.2, 0) is 0 Å². The van der Waals surface area contributed by atoms with E-state index in [0.29, 0.717) is 18.4 Å². The largest absolute Gasteiger partial charge is 0.396 e.